The Balaban J connectivity index is 1.52. The average Bonchev–Trinajstić information content (AvgIpc) is 3.12. The molecule has 1 heterocycles. The molecule has 6 nitrogen and oxygen atoms in total. The molecule has 0 saturated heterocycles. The number of carbonyl (C=O) groups is 2. The lowest BCUT2D eigenvalue weighted by molar-refractivity contribution is -0.123. The van der Waals surface area contributed by atoms with Crippen LogP contribution in [0, 0.1) is 0 Å². The van der Waals surface area contributed by atoms with Crippen molar-refractivity contribution in [2.24, 2.45) is 5.10 Å². The summed E-state index contributed by atoms with van der Waals surface area (Å²) in [6.45, 7) is 2.10. The zero-order valence-electron chi connectivity index (χ0n) is 18.1. The summed E-state index contributed by atoms with van der Waals surface area (Å²) in [7, 11) is 1.56. The van der Waals surface area contributed by atoms with E-state index in [9.17, 15) is 9.59 Å². The second-order valence-electron chi connectivity index (χ2n) is 7.36. The third-order valence-electron chi connectivity index (χ3n) is 5.08. The number of rotatable bonds is 6. The highest BCUT2D eigenvalue weighted by Crippen LogP contribution is 2.31. The molecule has 7 heteroatoms. The number of benzene rings is 3. The van der Waals surface area contributed by atoms with E-state index in [0.29, 0.717) is 35.0 Å². The van der Waals surface area contributed by atoms with Crippen molar-refractivity contribution >= 4 is 39.5 Å². The van der Waals surface area contributed by atoms with Crippen molar-refractivity contribution in [3.8, 4) is 11.5 Å². The van der Waals surface area contributed by atoms with Gasteiger partial charge < -0.3 is 9.47 Å². The SMILES string of the molecule is COc1cc(/C=C2/C(=O)N(C(=O)c3ccccc3)N=C2C)ccc1OCc1ccc(Br)cc1. The highest BCUT2D eigenvalue weighted by Gasteiger charge is 2.32. The van der Waals surface area contributed by atoms with Crippen LogP contribution in [0.2, 0.25) is 0 Å². The number of halogens is 1. The summed E-state index contributed by atoms with van der Waals surface area (Å²) in [5, 5.41) is 5.08. The fraction of sp³-hybridized carbons (Fsp3) is 0.115. The van der Waals surface area contributed by atoms with Crippen LogP contribution in [0.15, 0.2) is 87.9 Å². The second kappa shape index (κ2) is 9.83. The second-order valence-corrected chi connectivity index (χ2v) is 8.27. The van der Waals surface area contributed by atoms with E-state index in [2.05, 4.69) is 21.0 Å². The van der Waals surface area contributed by atoms with Gasteiger partial charge >= 0.3 is 0 Å². The maximum atomic E-state index is 12.9. The summed E-state index contributed by atoms with van der Waals surface area (Å²) >= 11 is 3.42. The number of ether oxygens (including phenoxy) is 2. The average molecular weight is 505 g/mol. The number of carbonyl (C=O) groups excluding carboxylic acids is 2. The molecule has 0 spiro atoms. The van der Waals surface area contributed by atoms with Crippen LogP contribution in [0.25, 0.3) is 6.08 Å². The van der Waals surface area contributed by atoms with Crippen molar-refractivity contribution in [1.29, 1.82) is 0 Å². The number of hydrogen-bond acceptors (Lipinski definition) is 5. The fourth-order valence-corrected chi connectivity index (χ4v) is 3.59. The third-order valence-corrected chi connectivity index (χ3v) is 5.61. The monoisotopic (exact) mass is 504 g/mol. The van der Waals surface area contributed by atoms with Gasteiger partial charge in [-0.25, -0.2) is 0 Å². The first kappa shape index (κ1) is 22.5. The quantitative estimate of drug-likeness (QED) is 0.329. The van der Waals surface area contributed by atoms with E-state index < -0.39 is 11.8 Å². The van der Waals surface area contributed by atoms with Crippen LogP contribution in [0.4, 0.5) is 0 Å². The van der Waals surface area contributed by atoms with E-state index in [1.165, 1.54) is 0 Å². The molecule has 0 unspecified atom stereocenters. The summed E-state index contributed by atoms with van der Waals surface area (Å²) < 4.78 is 12.4. The Morgan fingerprint density at radius 3 is 2.45 bits per heavy atom. The van der Waals surface area contributed by atoms with Crippen molar-refractivity contribution in [1.82, 2.24) is 5.01 Å². The van der Waals surface area contributed by atoms with Crippen molar-refractivity contribution in [3.05, 3.63) is 99.5 Å². The minimum absolute atomic E-state index is 0.352. The maximum absolute atomic E-state index is 12.9. The Bertz CT molecular complexity index is 1250. The lowest BCUT2D eigenvalue weighted by Gasteiger charge is -2.12. The zero-order chi connectivity index (χ0) is 23.4. The molecule has 0 bridgehead atoms. The molecule has 33 heavy (non-hydrogen) atoms. The van der Waals surface area contributed by atoms with Gasteiger partial charge in [-0.15, -0.1) is 0 Å². The van der Waals surface area contributed by atoms with Crippen LogP contribution in [-0.2, 0) is 11.4 Å². The van der Waals surface area contributed by atoms with Gasteiger partial charge in [-0.1, -0.05) is 52.3 Å². The Hall–Kier alpha value is -3.71. The van der Waals surface area contributed by atoms with Crippen LogP contribution in [-0.4, -0.2) is 29.6 Å². The van der Waals surface area contributed by atoms with Crippen LogP contribution in [0.1, 0.15) is 28.4 Å². The molecule has 3 aromatic rings. The molecule has 0 radical (unpaired) electrons. The standard InChI is InChI=1S/C26H21BrN2O4/c1-17-22(26(31)29(28-17)25(30)20-6-4-3-5-7-20)14-19-10-13-23(24(15-19)32-2)33-16-18-8-11-21(27)12-9-18/h3-15H,16H2,1-2H3/b22-14+. The van der Waals surface area contributed by atoms with E-state index in [4.69, 9.17) is 9.47 Å². The predicted molar refractivity (Wildman–Crippen MR) is 130 cm³/mol. The molecule has 0 aliphatic carbocycles. The molecule has 0 N–H and O–H groups in total. The molecule has 3 aromatic carbocycles. The topological polar surface area (TPSA) is 68.2 Å². The number of hydrazone groups is 1. The third kappa shape index (κ3) is 5.04. The minimum atomic E-state index is -0.462. The lowest BCUT2D eigenvalue weighted by atomic mass is 10.1. The van der Waals surface area contributed by atoms with Crippen molar-refractivity contribution < 1.29 is 19.1 Å². The number of amides is 2. The van der Waals surface area contributed by atoms with E-state index >= 15 is 0 Å². The van der Waals surface area contributed by atoms with Gasteiger partial charge in [0.1, 0.15) is 6.61 Å². The van der Waals surface area contributed by atoms with Crippen LogP contribution in [0.3, 0.4) is 0 Å². The summed E-state index contributed by atoms with van der Waals surface area (Å²) in [6.07, 6.45) is 1.69. The van der Waals surface area contributed by atoms with Gasteiger partial charge in [-0.05, 0) is 60.5 Å². The molecule has 0 saturated carbocycles. The molecule has 0 aromatic heterocycles. The predicted octanol–water partition coefficient (Wildman–Crippen LogP) is 5.48. The van der Waals surface area contributed by atoms with E-state index in [1.54, 1.807) is 56.5 Å². The van der Waals surface area contributed by atoms with Crippen LogP contribution in [0.5, 0.6) is 11.5 Å². The highest BCUT2D eigenvalue weighted by atomic mass is 79.9. The molecule has 4 rings (SSSR count). The number of hydrogen-bond donors (Lipinski definition) is 0. The largest absolute Gasteiger partial charge is 0.493 e. The summed E-state index contributed by atoms with van der Waals surface area (Å²) in [4.78, 5) is 25.6. The van der Waals surface area contributed by atoms with Gasteiger partial charge in [0.2, 0.25) is 0 Å². The molecule has 166 valence electrons. The Morgan fingerprint density at radius 1 is 1.03 bits per heavy atom. The number of nitrogens with zero attached hydrogens (tertiary/aromatic N) is 2. The van der Waals surface area contributed by atoms with Crippen molar-refractivity contribution in [2.75, 3.05) is 7.11 Å². The number of methoxy groups -OCH3 is 1. The first-order chi connectivity index (χ1) is 16.0. The summed E-state index contributed by atoms with van der Waals surface area (Å²) in [5.41, 5.74) is 2.98. The Morgan fingerprint density at radius 2 is 1.76 bits per heavy atom. The first-order valence-electron chi connectivity index (χ1n) is 10.2. The summed E-state index contributed by atoms with van der Waals surface area (Å²) in [6, 6.07) is 21.9. The minimum Gasteiger partial charge on any atom is -0.493 e. The Labute approximate surface area is 200 Å². The normalized spacial score (nSPS) is 14.4. The van der Waals surface area contributed by atoms with E-state index in [0.717, 1.165) is 20.6 Å². The number of imide groups is 1. The molecule has 1 aliphatic rings. The molecule has 0 fully saturated rings. The molecular formula is C26H21BrN2O4. The van der Waals surface area contributed by atoms with Gasteiger partial charge in [0.05, 0.1) is 18.4 Å². The van der Waals surface area contributed by atoms with Crippen molar-refractivity contribution in [3.63, 3.8) is 0 Å². The lowest BCUT2D eigenvalue weighted by Crippen LogP contribution is -2.29. The van der Waals surface area contributed by atoms with E-state index in [-0.39, 0.29) is 0 Å². The van der Waals surface area contributed by atoms with Crippen LogP contribution < -0.4 is 9.47 Å². The van der Waals surface area contributed by atoms with Gasteiger partial charge in [0.15, 0.2) is 11.5 Å². The van der Waals surface area contributed by atoms with Crippen LogP contribution >= 0.6 is 15.9 Å². The van der Waals surface area contributed by atoms with Crippen molar-refractivity contribution in [2.45, 2.75) is 13.5 Å². The summed E-state index contributed by atoms with van der Waals surface area (Å²) in [5.74, 6) is 0.207. The highest BCUT2D eigenvalue weighted by molar-refractivity contribution is 9.10. The molecular weight excluding hydrogens is 484 g/mol. The Kier molecular flexibility index (Phi) is 6.70. The van der Waals surface area contributed by atoms with Gasteiger partial charge in [0.25, 0.3) is 11.8 Å². The first-order valence-corrected chi connectivity index (χ1v) is 11.0. The van der Waals surface area contributed by atoms with E-state index in [1.807, 2.05) is 36.4 Å². The maximum Gasteiger partial charge on any atom is 0.283 e. The van der Waals surface area contributed by atoms with Gasteiger partial charge in [0, 0.05) is 10.0 Å². The zero-order valence-corrected chi connectivity index (χ0v) is 19.7. The molecule has 1 aliphatic heterocycles. The smallest absolute Gasteiger partial charge is 0.283 e. The molecule has 2 amide bonds. The van der Waals surface area contributed by atoms with Gasteiger partial charge in [-0.3, -0.25) is 9.59 Å². The fourth-order valence-electron chi connectivity index (χ4n) is 3.33. The van der Waals surface area contributed by atoms with Gasteiger partial charge in [-0.2, -0.15) is 10.1 Å². The molecule has 0 atom stereocenters.